The monoisotopic (exact) mass is 257 g/mol. The minimum atomic E-state index is 0.664. The van der Waals surface area contributed by atoms with E-state index in [0.29, 0.717) is 5.92 Å². The SMILES string of the molecule is Clc1ccc(-c2cccc(C3CCNC3)c2)cc1. The van der Waals surface area contributed by atoms with Gasteiger partial charge in [0.15, 0.2) is 0 Å². The average molecular weight is 258 g/mol. The van der Waals surface area contributed by atoms with Crippen LogP contribution >= 0.6 is 11.6 Å². The van der Waals surface area contributed by atoms with Gasteiger partial charge in [-0.2, -0.15) is 0 Å². The predicted molar refractivity (Wildman–Crippen MR) is 77.1 cm³/mol. The molecule has 1 N–H and O–H groups in total. The first-order chi connectivity index (χ1) is 8.83. The number of nitrogens with one attached hydrogen (secondary N) is 1. The van der Waals surface area contributed by atoms with Crippen molar-refractivity contribution < 1.29 is 0 Å². The van der Waals surface area contributed by atoms with E-state index in [9.17, 15) is 0 Å². The molecule has 1 aliphatic rings. The summed E-state index contributed by atoms with van der Waals surface area (Å²) in [4.78, 5) is 0. The van der Waals surface area contributed by atoms with Gasteiger partial charge in [-0.1, -0.05) is 48.0 Å². The highest BCUT2D eigenvalue weighted by atomic mass is 35.5. The van der Waals surface area contributed by atoms with Crippen molar-refractivity contribution in [3.63, 3.8) is 0 Å². The van der Waals surface area contributed by atoms with Crippen molar-refractivity contribution in [1.82, 2.24) is 5.32 Å². The Morgan fingerprint density at radius 1 is 1.00 bits per heavy atom. The number of hydrogen-bond donors (Lipinski definition) is 1. The minimum Gasteiger partial charge on any atom is -0.316 e. The summed E-state index contributed by atoms with van der Waals surface area (Å²) in [5.41, 5.74) is 3.94. The van der Waals surface area contributed by atoms with Gasteiger partial charge < -0.3 is 5.32 Å². The van der Waals surface area contributed by atoms with E-state index < -0.39 is 0 Å². The van der Waals surface area contributed by atoms with E-state index in [1.54, 1.807) is 0 Å². The molecule has 92 valence electrons. The lowest BCUT2D eigenvalue weighted by Gasteiger charge is -2.11. The molecule has 2 heteroatoms. The van der Waals surface area contributed by atoms with Crippen molar-refractivity contribution in [3.8, 4) is 11.1 Å². The molecule has 1 nitrogen and oxygen atoms in total. The maximum absolute atomic E-state index is 5.93. The van der Waals surface area contributed by atoms with E-state index in [1.807, 2.05) is 12.1 Å². The molecule has 0 bridgehead atoms. The highest BCUT2D eigenvalue weighted by Crippen LogP contribution is 2.27. The van der Waals surface area contributed by atoms with Crippen LogP contribution in [0.15, 0.2) is 48.5 Å². The molecule has 2 aromatic carbocycles. The van der Waals surface area contributed by atoms with Crippen molar-refractivity contribution in [2.45, 2.75) is 12.3 Å². The third-order valence-electron chi connectivity index (χ3n) is 3.60. The van der Waals surface area contributed by atoms with Crippen molar-refractivity contribution in [2.75, 3.05) is 13.1 Å². The Kier molecular flexibility index (Phi) is 3.35. The fourth-order valence-electron chi connectivity index (χ4n) is 2.55. The second kappa shape index (κ2) is 5.13. The molecule has 18 heavy (non-hydrogen) atoms. The van der Waals surface area contributed by atoms with E-state index >= 15 is 0 Å². The topological polar surface area (TPSA) is 12.0 Å². The van der Waals surface area contributed by atoms with Gasteiger partial charge >= 0.3 is 0 Å². The molecule has 0 saturated carbocycles. The highest BCUT2D eigenvalue weighted by Gasteiger charge is 2.16. The highest BCUT2D eigenvalue weighted by molar-refractivity contribution is 6.30. The summed E-state index contributed by atoms with van der Waals surface area (Å²) >= 11 is 5.93. The van der Waals surface area contributed by atoms with E-state index in [4.69, 9.17) is 11.6 Å². The second-order valence-corrected chi connectivity index (χ2v) is 5.26. The lowest BCUT2D eigenvalue weighted by Crippen LogP contribution is -2.07. The van der Waals surface area contributed by atoms with Crippen LogP contribution in [-0.2, 0) is 0 Å². The molecule has 1 heterocycles. The third-order valence-corrected chi connectivity index (χ3v) is 3.85. The zero-order valence-corrected chi connectivity index (χ0v) is 11.0. The van der Waals surface area contributed by atoms with Crippen LogP contribution in [0.4, 0.5) is 0 Å². The Morgan fingerprint density at radius 3 is 2.56 bits per heavy atom. The Hall–Kier alpha value is -1.31. The molecule has 1 fully saturated rings. The molecule has 1 saturated heterocycles. The first-order valence-corrected chi connectivity index (χ1v) is 6.77. The number of benzene rings is 2. The van der Waals surface area contributed by atoms with Gasteiger partial charge in [-0.15, -0.1) is 0 Å². The first-order valence-electron chi connectivity index (χ1n) is 6.39. The van der Waals surface area contributed by atoms with Gasteiger partial charge in [0.25, 0.3) is 0 Å². The summed E-state index contributed by atoms with van der Waals surface area (Å²) in [6.45, 7) is 2.24. The molecule has 0 spiro atoms. The van der Waals surface area contributed by atoms with Crippen molar-refractivity contribution >= 4 is 11.6 Å². The Balaban J connectivity index is 1.92. The molecule has 0 radical (unpaired) electrons. The van der Waals surface area contributed by atoms with Gasteiger partial charge in [0.2, 0.25) is 0 Å². The van der Waals surface area contributed by atoms with Crippen LogP contribution < -0.4 is 5.32 Å². The molecule has 0 aromatic heterocycles. The summed E-state index contributed by atoms with van der Waals surface area (Å²) in [6, 6.07) is 16.9. The minimum absolute atomic E-state index is 0.664. The molecule has 2 aromatic rings. The maximum atomic E-state index is 5.93. The third kappa shape index (κ3) is 2.43. The zero-order chi connectivity index (χ0) is 12.4. The van der Waals surface area contributed by atoms with Gasteiger partial charge in [0, 0.05) is 11.6 Å². The van der Waals surface area contributed by atoms with Gasteiger partial charge in [-0.25, -0.2) is 0 Å². The zero-order valence-electron chi connectivity index (χ0n) is 10.2. The molecule has 3 rings (SSSR count). The van der Waals surface area contributed by atoms with Crippen LogP contribution in [0.2, 0.25) is 5.02 Å². The van der Waals surface area contributed by atoms with Gasteiger partial charge in [-0.05, 0) is 47.7 Å². The summed E-state index contributed by atoms with van der Waals surface area (Å²) in [5.74, 6) is 0.664. The Labute approximate surface area is 113 Å². The summed E-state index contributed by atoms with van der Waals surface area (Å²) in [5, 5.41) is 4.21. The fourth-order valence-corrected chi connectivity index (χ4v) is 2.68. The van der Waals surface area contributed by atoms with Gasteiger partial charge in [0.1, 0.15) is 0 Å². The van der Waals surface area contributed by atoms with Crippen LogP contribution in [0.25, 0.3) is 11.1 Å². The Bertz CT molecular complexity index is 527. The van der Waals surface area contributed by atoms with Crippen LogP contribution in [0, 0.1) is 0 Å². The molecule has 0 amide bonds. The van der Waals surface area contributed by atoms with E-state index in [2.05, 4.69) is 41.7 Å². The number of rotatable bonds is 2. The summed E-state index contributed by atoms with van der Waals surface area (Å²) in [6.07, 6.45) is 1.24. The quantitative estimate of drug-likeness (QED) is 0.855. The van der Waals surface area contributed by atoms with E-state index in [-0.39, 0.29) is 0 Å². The van der Waals surface area contributed by atoms with Gasteiger partial charge in [-0.3, -0.25) is 0 Å². The number of halogens is 1. The largest absolute Gasteiger partial charge is 0.316 e. The van der Waals surface area contributed by atoms with Crippen molar-refractivity contribution in [2.24, 2.45) is 0 Å². The smallest absolute Gasteiger partial charge is 0.0406 e. The van der Waals surface area contributed by atoms with Gasteiger partial charge in [0.05, 0.1) is 0 Å². The summed E-state index contributed by atoms with van der Waals surface area (Å²) < 4.78 is 0. The molecular formula is C16H16ClN. The van der Waals surface area contributed by atoms with Crippen molar-refractivity contribution in [1.29, 1.82) is 0 Å². The molecule has 1 aliphatic heterocycles. The van der Waals surface area contributed by atoms with E-state index in [1.165, 1.54) is 23.1 Å². The second-order valence-electron chi connectivity index (χ2n) is 4.82. The summed E-state index contributed by atoms with van der Waals surface area (Å²) in [7, 11) is 0. The van der Waals surface area contributed by atoms with Crippen LogP contribution in [0.5, 0.6) is 0 Å². The van der Waals surface area contributed by atoms with Crippen molar-refractivity contribution in [3.05, 3.63) is 59.1 Å². The van der Waals surface area contributed by atoms with Crippen LogP contribution in [0.1, 0.15) is 17.9 Å². The fraction of sp³-hybridized carbons (Fsp3) is 0.250. The molecular weight excluding hydrogens is 242 g/mol. The van der Waals surface area contributed by atoms with E-state index in [0.717, 1.165) is 18.1 Å². The number of hydrogen-bond acceptors (Lipinski definition) is 1. The lowest BCUT2D eigenvalue weighted by molar-refractivity contribution is 0.764. The molecule has 1 atom stereocenters. The molecule has 0 aliphatic carbocycles. The average Bonchev–Trinajstić information content (AvgIpc) is 2.94. The van der Waals surface area contributed by atoms with Crippen LogP contribution in [-0.4, -0.2) is 13.1 Å². The molecule has 1 unspecified atom stereocenters. The lowest BCUT2D eigenvalue weighted by atomic mass is 9.94. The predicted octanol–water partition coefficient (Wildman–Crippen LogP) is 4.08. The first kappa shape index (κ1) is 11.8. The Morgan fingerprint density at radius 2 is 1.83 bits per heavy atom. The van der Waals surface area contributed by atoms with Crippen LogP contribution in [0.3, 0.4) is 0 Å². The standard InChI is InChI=1S/C16H16ClN/c17-16-6-4-12(5-7-16)13-2-1-3-14(10-13)15-8-9-18-11-15/h1-7,10,15,18H,8-9,11H2. The normalized spacial score (nSPS) is 19.1. The maximum Gasteiger partial charge on any atom is 0.0406 e.